The van der Waals surface area contributed by atoms with Gasteiger partial charge in [0.25, 0.3) is 0 Å². The molecule has 31 heavy (non-hydrogen) atoms. The van der Waals surface area contributed by atoms with Crippen LogP contribution in [0.3, 0.4) is 0 Å². The highest BCUT2D eigenvalue weighted by molar-refractivity contribution is 6.26. The molecular formula is C29H29N2+. The smallest absolute Gasteiger partial charge is 0.224 e. The standard InChI is InChI=1S/C29H29N2/c1-17-13-22-21-9-7-8-10-23(21)31-24-15-19(16-29(3,4)5)14-20-11-12-30(6)28(26(20)24)25(18(17)2)27(22)31/h7-15H,16H2,1-6H3/q+1/i9D. The number of fused-ring (bicyclic) bond motifs is 5. The molecule has 0 radical (unpaired) electrons. The maximum Gasteiger partial charge on any atom is 0.224 e. The molecule has 0 aliphatic rings. The molecule has 0 fully saturated rings. The number of hydrogen-bond acceptors (Lipinski definition) is 0. The van der Waals surface area contributed by atoms with Crippen LogP contribution in [-0.2, 0) is 13.5 Å². The lowest BCUT2D eigenvalue weighted by Gasteiger charge is -2.20. The summed E-state index contributed by atoms with van der Waals surface area (Å²) in [6, 6.07) is 16.0. The lowest BCUT2D eigenvalue weighted by Crippen LogP contribution is -2.29. The third kappa shape index (κ3) is 2.48. The Bertz CT molecular complexity index is 1710. The number of aryl methyl sites for hydroxylation is 3. The first-order valence-electron chi connectivity index (χ1n) is 11.7. The molecule has 0 unspecified atom stereocenters. The van der Waals surface area contributed by atoms with E-state index in [1.165, 1.54) is 54.8 Å². The zero-order valence-corrected chi connectivity index (χ0v) is 19.2. The SMILES string of the molecule is [2H]c1cccc2c1c1cc(C)c(C)c3c1n2c1cc(CC(C)(C)C)cc2cc[n+](C)c3c21. The highest BCUT2D eigenvalue weighted by Gasteiger charge is 2.25. The van der Waals surface area contributed by atoms with Gasteiger partial charge in [0.2, 0.25) is 5.52 Å². The highest BCUT2D eigenvalue weighted by Crippen LogP contribution is 2.42. The van der Waals surface area contributed by atoms with Crippen molar-refractivity contribution >= 4 is 49.0 Å². The molecule has 0 spiro atoms. The summed E-state index contributed by atoms with van der Waals surface area (Å²) in [5.41, 5.74) is 9.08. The number of para-hydroxylation sites is 1. The largest absolute Gasteiger partial charge is 0.307 e. The Morgan fingerprint density at radius 3 is 2.55 bits per heavy atom. The summed E-state index contributed by atoms with van der Waals surface area (Å²) in [6.45, 7) is 11.3. The summed E-state index contributed by atoms with van der Waals surface area (Å²) in [5, 5.41) is 6.14. The lowest BCUT2D eigenvalue weighted by molar-refractivity contribution is -0.643. The van der Waals surface area contributed by atoms with E-state index in [2.05, 4.69) is 87.2 Å². The van der Waals surface area contributed by atoms with E-state index < -0.39 is 0 Å². The molecule has 0 saturated heterocycles. The first kappa shape index (κ1) is 17.5. The van der Waals surface area contributed by atoms with E-state index in [1.807, 2.05) is 12.1 Å². The molecule has 0 N–H and O–H groups in total. The molecule has 6 aromatic rings. The summed E-state index contributed by atoms with van der Waals surface area (Å²) >= 11 is 0. The number of hydrogen-bond donors (Lipinski definition) is 0. The van der Waals surface area contributed by atoms with Crippen LogP contribution in [0.15, 0.2) is 54.7 Å². The van der Waals surface area contributed by atoms with Crippen LogP contribution in [0.5, 0.6) is 0 Å². The van der Waals surface area contributed by atoms with Crippen molar-refractivity contribution in [1.29, 1.82) is 0 Å². The van der Waals surface area contributed by atoms with Crippen molar-refractivity contribution in [1.82, 2.24) is 4.40 Å². The Hall–Kier alpha value is -3.13. The second kappa shape index (κ2) is 5.97. The Morgan fingerprint density at radius 1 is 0.968 bits per heavy atom. The van der Waals surface area contributed by atoms with Gasteiger partial charge in [0, 0.05) is 16.8 Å². The van der Waals surface area contributed by atoms with Gasteiger partial charge in [-0.05, 0) is 66.0 Å². The Morgan fingerprint density at radius 2 is 1.77 bits per heavy atom. The van der Waals surface area contributed by atoms with Gasteiger partial charge in [0.1, 0.15) is 7.05 Å². The van der Waals surface area contributed by atoms with Crippen LogP contribution in [0, 0.1) is 19.3 Å². The van der Waals surface area contributed by atoms with Gasteiger partial charge in [-0.2, -0.15) is 0 Å². The van der Waals surface area contributed by atoms with Crippen molar-refractivity contribution in [3.05, 3.63) is 71.4 Å². The number of aromatic nitrogens is 2. The van der Waals surface area contributed by atoms with Gasteiger partial charge < -0.3 is 4.40 Å². The van der Waals surface area contributed by atoms with Gasteiger partial charge in [0.15, 0.2) is 6.20 Å². The highest BCUT2D eigenvalue weighted by atomic mass is 15.0. The topological polar surface area (TPSA) is 8.29 Å². The third-order valence-electron chi connectivity index (χ3n) is 6.87. The van der Waals surface area contributed by atoms with Crippen LogP contribution in [0.4, 0.5) is 0 Å². The molecule has 2 nitrogen and oxygen atoms in total. The van der Waals surface area contributed by atoms with Gasteiger partial charge in [-0.3, -0.25) is 0 Å². The number of pyridine rings is 2. The minimum absolute atomic E-state index is 0.214. The van der Waals surface area contributed by atoms with Crippen LogP contribution in [0.25, 0.3) is 49.0 Å². The van der Waals surface area contributed by atoms with E-state index in [9.17, 15) is 0 Å². The fraction of sp³-hybridized carbons (Fsp3) is 0.276. The van der Waals surface area contributed by atoms with Crippen molar-refractivity contribution in [2.75, 3.05) is 0 Å². The number of nitrogens with zero attached hydrogens (tertiary/aromatic N) is 2. The molecule has 3 heterocycles. The molecule has 0 bridgehead atoms. The van der Waals surface area contributed by atoms with Crippen LogP contribution >= 0.6 is 0 Å². The maximum absolute atomic E-state index is 8.74. The maximum atomic E-state index is 8.74. The van der Waals surface area contributed by atoms with E-state index >= 15 is 0 Å². The van der Waals surface area contributed by atoms with Gasteiger partial charge >= 0.3 is 0 Å². The van der Waals surface area contributed by atoms with Crippen LogP contribution in [0.1, 0.15) is 38.8 Å². The van der Waals surface area contributed by atoms with E-state index in [1.54, 1.807) is 0 Å². The third-order valence-corrected chi connectivity index (χ3v) is 6.87. The van der Waals surface area contributed by atoms with Crippen molar-refractivity contribution < 1.29 is 5.94 Å². The summed E-state index contributed by atoms with van der Waals surface area (Å²) in [5.74, 6) is 0. The van der Waals surface area contributed by atoms with Crippen LogP contribution < -0.4 is 4.57 Å². The Labute approximate surface area is 184 Å². The van der Waals surface area contributed by atoms with Gasteiger partial charge in [-0.25, -0.2) is 4.57 Å². The zero-order chi connectivity index (χ0) is 22.5. The van der Waals surface area contributed by atoms with Crippen molar-refractivity contribution in [2.24, 2.45) is 12.5 Å². The van der Waals surface area contributed by atoms with Crippen molar-refractivity contribution in [3.63, 3.8) is 0 Å². The number of rotatable bonds is 1. The quantitative estimate of drug-likeness (QED) is 0.157. The molecule has 2 heteroatoms. The average molecular weight is 407 g/mol. The van der Waals surface area contributed by atoms with Gasteiger partial charge in [0.05, 0.1) is 28.7 Å². The van der Waals surface area contributed by atoms with Gasteiger partial charge in [-0.15, -0.1) is 0 Å². The van der Waals surface area contributed by atoms with E-state index in [0.29, 0.717) is 6.04 Å². The molecule has 0 saturated carbocycles. The summed E-state index contributed by atoms with van der Waals surface area (Å²) < 4.78 is 13.5. The Balaban J connectivity index is 2.00. The molecule has 3 aromatic carbocycles. The van der Waals surface area contributed by atoms with Crippen molar-refractivity contribution in [2.45, 2.75) is 41.0 Å². The molecular weight excluding hydrogens is 376 g/mol. The second-order valence-corrected chi connectivity index (χ2v) is 10.4. The minimum atomic E-state index is 0.214. The molecule has 0 aliphatic heterocycles. The molecule has 6 rings (SSSR count). The first-order chi connectivity index (χ1) is 15.2. The average Bonchev–Trinajstić information content (AvgIpc) is 3.04. The molecule has 0 atom stereocenters. The normalized spacial score (nSPS) is 13.4. The first-order valence-corrected chi connectivity index (χ1v) is 11.2. The molecule has 0 aliphatic carbocycles. The zero-order valence-electron chi connectivity index (χ0n) is 20.2. The van der Waals surface area contributed by atoms with E-state index in [4.69, 9.17) is 1.37 Å². The lowest BCUT2D eigenvalue weighted by atomic mass is 9.87. The molecule has 0 amide bonds. The second-order valence-electron chi connectivity index (χ2n) is 10.4. The molecule has 154 valence electrons. The summed E-state index contributed by atoms with van der Waals surface area (Å²) in [6.07, 6.45) is 3.22. The fourth-order valence-corrected chi connectivity index (χ4v) is 5.55. The summed E-state index contributed by atoms with van der Waals surface area (Å²) in [7, 11) is 2.16. The minimum Gasteiger partial charge on any atom is -0.307 e. The predicted octanol–water partition coefficient (Wildman–Crippen LogP) is 7.02. The monoisotopic (exact) mass is 406 g/mol. The fourth-order valence-electron chi connectivity index (χ4n) is 5.55. The van der Waals surface area contributed by atoms with E-state index in [-0.39, 0.29) is 5.41 Å². The Kier molecular flexibility index (Phi) is 3.38. The van der Waals surface area contributed by atoms with E-state index in [0.717, 1.165) is 17.3 Å². The van der Waals surface area contributed by atoms with Crippen LogP contribution in [-0.4, -0.2) is 4.40 Å². The van der Waals surface area contributed by atoms with Crippen LogP contribution in [0.2, 0.25) is 0 Å². The summed E-state index contributed by atoms with van der Waals surface area (Å²) in [4.78, 5) is 0. The molecule has 3 aromatic heterocycles. The van der Waals surface area contributed by atoms with Crippen molar-refractivity contribution in [3.8, 4) is 0 Å². The predicted molar refractivity (Wildman–Crippen MR) is 132 cm³/mol. The van der Waals surface area contributed by atoms with Gasteiger partial charge in [-0.1, -0.05) is 45.0 Å². The number of benzene rings is 3.